The molecule has 0 aromatic carbocycles. The summed E-state index contributed by atoms with van der Waals surface area (Å²) in [6.45, 7) is 1.16. The molecule has 0 spiro atoms. The van der Waals surface area contributed by atoms with E-state index in [2.05, 4.69) is 15.4 Å². The smallest absolute Gasteiger partial charge is 0.358 e. The Balaban J connectivity index is 2.13. The molecule has 2 rings (SSSR count). The van der Waals surface area contributed by atoms with Crippen LogP contribution in [0.3, 0.4) is 0 Å². The number of aromatic nitrogens is 5. The van der Waals surface area contributed by atoms with E-state index in [9.17, 15) is 4.79 Å². The van der Waals surface area contributed by atoms with Crippen molar-refractivity contribution < 1.29 is 9.90 Å². The van der Waals surface area contributed by atoms with Gasteiger partial charge < -0.3 is 10.8 Å². The maximum atomic E-state index is 10.8. The van der Waals surface area contributed by atoms with Crippen LogP contribution in [0.4, 0.5) is 0 Å². The second-order valence-corrected chi connectivity index (χ2v) is 3.39. The van der Waals surface area contributed by atoms with Crippen molar-refractivity contribution in [3.63, 3.8) is 0 Å². The molecule has 8 heteroatoms. The molecule has 2 aromatic heterocycles. The molecular formula is C9H12N6O2. The Bertz CT molecular complexity index is 504. The third-order valence-corrected chi connectivity index (χ3v) is 2.33. The lowest BCUT2D eigenvalue weighted by Gasteiger charge is -2.05. The molecule has 0 radical (unpaired) electrons. The van der Waals surface area contributed by atoms with Crippen LogP contribution in [0.5, 0.6) is 0 Å². The minimum Gasteiger partial charge on any atom is -0.476 e. The third-order valence-electron chi connectivity index (χ3n) is 2.33. The highest BCUT2D eigenvalue weighted by molar-refractivity contribution is 5.86. The Kier molecular flexibility index (Phi) is 3.15. The van der Waals surface area contributed by atoms with E-state index in [0.717, 1.165) is 0 Å². The molecule has 0 bridgehead atoms. The molecule has 8 nitrogen and oxygen atoms in total. The molecule has 90 valence electrons. The van der Waals surface area contributed by atoms with E-state index in [1.807, 2.05) is 12.3 Å². The molecule has 0 unspecified atom stereocenters. The van der Waals surface area contributed by atoms with Gasteiger partial charge in [0, 0.05) is 18.9 Å². The Morgan fingerprint density at radius 3 is 2.88 bits per heavy atom. The number of carboxylic acids is 1. The fraction of sp³-hybridized carbons (Fsp3) is 0.333. The van der Waals surface area contributed by atoms with E-state index in [1.165, 1.54) is 4.68 Å². The second kappa shape index (κ2) is 4.74. The Hall–Kier alpha value is -2.22. The van der Waals surface area contributed by atoms with Gasteiger partial charge in [0.2, 0.25) is 0 Å². The Morgan fingerprint density at radius 2 is 2.29 bits per heavy atom. The first-order valence-electron chi connectivity index (χ1n) is 5.05. The maximum absolute atomic E-state index is 10.8. The van der Waals surface area contributed by atoms with Crippen LogP contribution in [-0.4, -0.2) is 35.9 Å². The van der Waals surface area contributed by atoms with E-state index in [1.54, 1.807) is 10.9 Å². The molecule has 0 aliphatic carbocycles. The van der Waals surface area contributed by atoms with Gasteiger partial charge in [-0.15, -0.1) is 5.10 Å². The van der Waals surface area contributed by atoms with Crippen LogP contribution in [0.1, 0.15) is 16.2 Å². The molecule has 0 amide bonds. The van der Waals surface area contributed by atoms with Crippen molar-refractivity contribution in [2.24, 2.45) is 5.73 Å². The summed E-state index contributed by atoms with van der Waals surface area (Å²) in [7, 11) is 0. The van der Waals surface area contributed by atoms with Crippen molar-refractivity contribution in [3.8, 4) is 0 Å². The van der Waals surface area contributed by atoms with E-state index in [-0.39, 0.29) is 12.2 Å². The van der Waals surface area contributed by atoms with E-state index in [0.29, 0.717) is 18.8 Å². The van der Waals surface area contributed by atoms with Crippen molar-refractivity contribution in [2.75, 3.05) is 0 Å². The molecule has 0 aliphatic heterocycles. The number of nitrogens with zero attached hydrogens (tertiary/aromatic N) is 5. The first-order valence-corrected chi connectivity index (χ1v) is 5.05. The highest BCUT2D eigenvalue weighted by atomic mass is 16.4. The monoisotopic (exact) mass is 236 g/mol. The van der Waals surface area contributed by atoms with Gasteiger partial charge >= 0.3 is 5.97 Å². The van der Waals surface area contributed by atoms with Crippen LogP contribution < -0.4 is 5.73 Å². The van der Waals surface area contributed by atoms with Crippen molar-refractivity contribution >= 4 is 5.97 Å². The van der Waals surface area contributed by atoms with E-state index >= 15 is 0 Å². The molecule has 0 atom stereocenters. The lowest BCUT2D eigenvalue weighted by molar-refractivity contribution is 0.0689. The number of aryl methyl sites for hydroxylation is 2. The largest absolute Gasteiger partial charge is 0.476 e. The van der Waals surface area contributed by atoms with Gasteiger partial charge in [-0.3, -0.25) is 4.68 Å². The molecule has 2 heterocycles. The van der Waals surface area contributed by atoms with Gasteiger partial charge in [0.05, 0.1) is 18.8 Å². The molecule has 0 saturated carbocycles. The van der Waals surface area contributed by atoms with Crippen LogP contribution >= 0.6 is 0 Å². The molecular weight excluding hydrogens is 224 g/mol. The summed E-state index contributed by atoms with van der Waals surface area (Å²) in [6, 6.07) is 1.81. The molecule has 2 aromatic rings. The van der Waals surface area contributed by atoms with Crippen LogP contribution in [0.25, 0.3) is 0 Å². The topological polar surface area (TPSA) is 112 Å². The van der Waals surface area contributed by atoms with Crippen LogP contribution in [0.15, 0.2) is 18.5 Å². The van der Waals surface area contributed by atoms with E-state index in [4.69, 9.17) is 10.8 Å². The number of carboxylic acid groups (broad SMARTS) is 1. The summed E-state index contributed by atoms with van der Waals surface area (Å²) in [4.78, 5) is 10.8. The average Bonchev–Trinajstić information content (AvgIpc) is 2.95. The summed E-state index contributed by atoms with van der Waals surface area (Å²) in [6.07, 6.45) is 3.49. The highest BCUT2D eigenvalue weighted by Crippen LogP contribution is 2.04. The molecule has 17 heavy (non-hydrogen) atoms. The number of hydrogen-bond donors (Lipinski definition) is 2. The molecule has 3 N–H and O–H groups in total. The first-order chi connectivity index (χ1) is 8.22. The van der Waals surface area contributed by atoms with Gasteiger partial charge in [-0.05, 0) is 6.07 Å². The standard InChI is InChI=1S/C9H12N6O2/c10-6-7-8(9(16)17)12-13-15(7)5-4-14-3-1-2-11-14/h1-3H,4-6,10H2,(H,16,17). The lowest BCUT2D eigenvalue weighted by atomic mass is 10.3. The first kappa shape index (κ1) is 11.3. The number of carbonyl (C=O) groups is 1. The third kappa shape index (κ3) is 2.31. The number of rotatable bonds is 5. The van der Waals surface area contributed by atoms with Gasteiger partial charge in [-0.25, -0.2) is 9.48 Å². The predicted molar refractivity (Wildman–Crippen MR) is 57.1 cm³/mol. The number of aromatic carboxylic acids is 1. The van der Waals surface area contributed by atoms with Gasteiger partial charge in [0.1, 0.15) is 0 Å². The maximum Gasteiger partial charge on any atom is 0.358 e. The fourth-order valence-electron chi connectivity index (χ4n) is 1.51. The van der Waals surface area contributed by atoms with Crippen molar-refractivity contribution in [1.29, 1.82) is 0 Å². The lowest BCUT2D eigenvalue weighted by Crippen LogP contribution is -2.15. The molecule has 0 saturated heterocycles. The van der Waals surface area contributed by atoms with Gasteiger partial charge in [-0.1, -0.05) is 5.21 Å². The van der Waals surface area contributed by atoms with Gasteiger partial charge in [-0.2, -0.15) is 5.10 Å². The van der Waals surface area contributed by atoms with E-state index < -0.39 is 5.97 Å². The Morgan fingerprint density at radius 1 is 1.47 bits per heavy atom. The highest BCUT2D eigenvalue weighted by Gasteiger charge is 2.17. The zero-order chi connectivity index (χ0) is 12.3. The SMILES string of the molecule is NCc1c(C(=O)O)nnn1CCn1cccn1. The summed E-state index contributed by atoms with van der Waals surface area (Å²) in [5.41, 5.74) is 5.83. The van der Waals surface area contributed by atoms with Crippen LogP contribution in [0.2, 0.25) is 0 Å². The predicted octanol–water partition coefficient (Wildman–Crippen LogP) is -0.668. The van der Waals surface area contributed by atoms with Crippen molar-refractivity contribution in [2.45, 2.75) is 19.6 Å². The quantitative estimate of drug-likeness (QED) is 0.712. The average molecular weight is 236 g/mol. The minimum atomic E-state index is -1.12. The Labute approximate surface area is 96.6 Å². The second-order valence-electron chi connectivity index (χ2n) is 3.39. The fourth-order valence-corrected chi connectivity index (χ4v) is 1.51. The minimum absolute atomic E-state index is 0.0898. The summed E-state index contributed by atoms with van der Waals surface area (Å²) in [5, 5.41) is 20.3. The summed E-state index contributed by atoms with van der Waals surface area (Å²) in [5.74, 6) is -1.12. The van der Waals surface area contributed by atoms with Gasteiger partial charge in [0.25, 0.3) is 0 Å². The normalized spacial score (nSPS) is 10.6. The van der Waals surface area contributed by atoms with Crippen molar-refractivity contribution in [3.05, 3.63) is 29.8 Å². The number of hydrogen-bond acceptors (Lipinski definition) is 5. The zero-order valence-electron chi connectivity index (χ0n) is 9.02. The zero-order valence-corrected chi connectivity index (χ0v) is 9.02. The number of nitrogens with two attached hydrogens (primary N) is 1. The summed E-state index contributed by atoms with van der Waals surface area (Å²) < 4.78 is 3.22. The van der Waals surface area contributed by atoms with Crippen LogP contribution in [-0.2, 0) is 19.6 Å². The molecule has 0 aliphatic rings. The van der Waals surface area contributed by atoms with Crippen LogP contribution in [0, 0.1) is 0 Å². The van der Waals surface area contributed by atoms with Gasteiger partial charge in [0.15, 0.2) is 5.69 Å². The summed E-state index contributed by atoms with van der Waals surface area (Å²) >= 11 is 0. The van der Waals surface area contributed by atoms with Crippen molar-refractivity contribution in [1.82, 2.24) is 24.8 Å². The molecule has 0 fully saturated rings.